The lowest BCUT2D eigenvalue weighted by atomic mass is 9.77. The van der Waals surface area contributed by atoms with E-state index in [0.717, 1.165) is 12.8 Å². The summed E-state index contributed by atoms with van der Waals surface area (Å²) in [6.45, 7) is 0. The molecule has 1 amide bonds. The zero-order valence-electron chi connectivity index (χ0n) is 12.1. The number of thiazole rings is 1. The van der Waals surface area contributed by atoms with Gasteiger partial charge < -0.3 is 10.3 Å². The molecule has 4 rings (SSSR count). The van der Waals surface area contributed by atoms with Crippen LogP contribution in [0.25, 0.3) is 5.57 Å². The van der Waals surface area contributed by atoms with Crippen LogP contribution in [-0.2, 0) is 10.5 Å². The van der Waals surface area contributed by atoms with Gasteiger partial charge in [0.15, 0.2) is 5.82 Å². The molecule has 1 saturated carbocycles. The first-order valence-electron chi connectivity index (χ1n) is 7.28. The van der Waals surface area contributed by atoms with Crippen LogP contribution in [0.2, 0.25) is 0 Å². The highest BCUT2D eigenvalue weighted by Gasteiger charge is 2.52. The molecule has 2 heterocycles. The molecule has 0 saturated heterocycles. The van der Waals surface area contributed by atoms with E-state index in [0.29, 0.717) is 11.3 Å². The van der Waals surface area contributed by atoms with E-state index in [4.69, 9.17) is 5.73 Å². The summed E-state index contributed by atoms with van der Waals surface area (Å²) in [5.41, 5.74) is 5.70. The van der Waals surface area contributed by atoms with Gasteiger partial charge in [-0.3, -0.25) is 4.79 Å². The molecule has 2 aliphatic rings. The number of hydrogen-bond acceptors (Lipinski definition) is 5. The molecule has 2 aromatic rings. The van der Waals surface area contributed by atoms with Gasteiger partial charge in [0.05, 0.1) is 11.2 Å². The van der Waals surface area contributed by atoms with Crippen LogP contribution in [0.1, 0.15) is 30.4 Å². The lowest BCUT2D eigenvalue weighted by Gasteiger charge is -2.33. The van der Waals surface area contributed by atoms with Crippen LogP contribution < -0.4 is 5.73 Å². The van der Waals surface area contributed by atoms with Crippen molar-refractivity contribution in [1.82, 2.24) is 19.7 Å². The van der Waals surface area contributed by atoms with Gasteiger partial charge in [-0.25, -0.2) is 9.37 Å². The van der Waals surface area contributed by atoms with E-state index >= 15 is 4.39 Å². The summed E-state index contributed by atoms with van der Waals surface area (Å²) in [5.74, 6) is -1.77. The molecule has 2 aromatic heterocycles. The number of nitrogens with two attached hydrogens (primary N) is 1. The fourth-order valence-corrected chi connectivity index (χ4v) is 3.53. The van der Waals surface area contributed by atoms with Crippen molar-refractivity contribution in [2.45, 2.75) is 24.6 Å². The normalized spacial score (nSPS) is 27.0. The number of alkyl halides is 1. The van der Waals surface area contributed by atoms with Gasteiger partial charge in [-0.15, -0.1) is 21.5 Å². The van der Waals surface area contributed by atoms with Gasteiger partial charge in [-0.05, 0) is 12.8 Å². The zero-order valence-corrected chi connectivity index (χ0v) is 12.9. The quantitative estimate of drug-likeness (QED) is 0.928. The number of carbonyl (C=O) groups excluding carboxylic acids is 1. The first kappa shape index (κ1) is 14.3. The Labute approximate surface area is 135 Å². The number of rotatable bonds is 4. The lowest BCUT2D eigenvalue weighted by molar-refractivity contribution is -0.123. The van der Waals surface area contributed by atoms with E-state index < -0.39 is 17.5 Å². The second kappa shape index (κ2) is 5.09. The minimum Gasteiger partial charge on any atom is -0.369 e. The van der Waals surface area contributed by atoms with Crippen LogP contribution >= 0.6 is 11.3 Å². The molecule has 8 heteroatoms. The van der Waals surface area contributed by atoms with Crippen molar-refractivity contribution < 1.29 is 9.18 Å². The number of halogens is 1. The maximum absolute atomic E-state index is 16.4. The zero-order chi connectivity index (χ0) is 16.0. The van der Waals surface area contributed by atoms with Gasteiger partial charge in [0.25, 0.3) is 0 Å². The van der Waals surface area contributed by atoms with Crippen LogP contribution in [0.15, 0.2) is 35.4 Å². The first-order chi connectivity index (χ1) is 11.1. The topological polar surface area (TPSA) is 86.7 Å². The molecule has 0 spiro atoms. The van der Waals surface area contributed by atoms with E-state index in [1.807, 2.05) is 0 Å². The number of nitrogens with zero attached hydrogens (tertiary/aromatic N) is 4. The number of amides is 1. The van der Waals surface area contributed by atoms with E-state index in [1.165, 1.54) is 23.7 Å². The first-order valence-corrected chi connectivity index (χ1v) is 8.22. The van der Waals surface area contributed by atoms with E-state index in [1.54, 1.807) is 27.6 Å². The second-order valence-electron chi connectivity index (χ2n) is 5.72. The monoisotopic (exact) mass is 331 g/mol. The molecule has 118 valence electrons. The summed E-state index contributed by atoms with van der Waals surface area (Å²) in [6.07, 6.45) is 8.16. The predicted octanol–water partition coefficient (Wildman–Crippen LogP) is 1.99. The second-order valence-corrected chi connectivity index (χ2v) is 6.44. The van der Waals surface area contributed by atoms with Crippen molar-refractivity contribution in [3.63, 3.8) is 0 Å². The van der Waals surface area contributed by atoms with Gasteiger partial charge in [-0.1, -0.05) is 18.2 Å². The Morgan fingerprint density at radius 2 is 2.30 bits per heavy atom. The Morgan fingerprint density at radius 1 is 1.48 bits per heavy atom. The Balaban J connectivity index is 1.91. The number of hydrogen-bond donors (Lipinski definition) is 1. The summed E-state index contributed by atoms with van der Waals surface area (Å²) in [6, 6.07) is 0.184. The largest absolute Gasteiger partial charge is 0.369 e. The van der Waals surface area contributed by atoms with Crippen LogP contribution in [0, 0.1) is 5.92 Å². The van der Waals surface area contributed by atoms with Crippen LogP contribution in [0.5, 0.6) is 0 Å². The average molecular weight is 331 g/mol. The fraction of sp³-hybridized carbons (Fsp3) is 0.333. The molecule has 23 heavy (non-hydrogen) atoms. The van der Waals surface area contributed by atoms with Crippen molar-refractivity contribution in [2.75, 3.05) is 0 Å². The van der Waals surface area contributed by atoms with Crippen LogP contribution in [0.3, 0.4) is 0 Å². The smallest absolute Gasteiger partial charge is 0.228 e. The molecular weight excluding hydrogens is 317 g/mol. The van der Waals surface area contributed by atoms with Crippen molar-refractivity contribution in [3.05, 3.63) is 47.0 Å². The number of allylic oxidation sites excluding steroid dienone is 3. The lowest BCUT2D eigenvalue weighted by Crippen LogP contribution is -2.42. The Morgan fingerprint density at radius 3 is 2.96 bits per heavy atom. The highest BCUT2D eigenvalue weighted by atomic mass is 32.1. The maximum atomic E-state index is 16.4. The fourth-order valence-electron chi connectivity index (χ4n) is 2.98. The van der Waals surface area contributed by atoms with Gasteiger partial charge in [-0.2, -0.15) is 0 Å². The van der Waals surface area contributed by atoms with E-state index in [2.05, 4.69) is 15.2 Å². The van der Waals surface area contributed by atoms with Gasteiger partial charge in [0.2, 0.25) is 11.6 Å². The molecular formula is C15H14FN5OS. The highest BCUT2D eigenvalue weighted by molar-refractivity contribution is 7.07. The van der Waals surface area contributed by atoms with E-state index in [-0.39, 0.29) is 11.9 Å². The Hall–Kier alpha value is -2.35. The third-order valence-electron chi connectivity index (χ3n) is 4.24. The van der Waals surface area contributed by atoms with Crippen molar-refractivity contribution >= 4 is 22.8 Å². The van der Waals surface area contributed by atoms with Crippen LogP contribution in [0.4, 0.5) is 4.39 Å². The molecule has 2 unspecified atom stereocenters. The Bertz CT molecular complexity index is 808. The van der Waals surface area contributed by atoms with Crippen LogP contribution in [-0.4, -0.2) is 25.7 Å². The number of primary amides is 1. The van der Waals surface area contributed by atoms with E-state index in [9.17, 15) is 4.79 Å². The molecule has 0 bridgehead atoms. The summed E-state index contributed by atoms with van der Waals surface area (Å²) in [7, 11) is 0. The van der Waals surface area contributed by atoms with Gasteiger partial charge in [0, 0.05) is 17.0 Å². The molecule has 2 atom stereocenters. The molecule has 0 radical (unpaired) electrons. The third kappa shape index (κ3) is 2.13. The summed E-state index contributed by atoms with van der Waals surface area (Å²) in [5, 5.41) is 9.61. The molecule has 0 aromatic carbocycles. The standard InChI is InChI=1S/C15H14FN5OS/c16-15(14-20-19-7-21(14)9-4-5-9)10(12-6-23-8-18-12)2-1-3-11(15)13(17)22/h1-3,6-9,11H,4-5H2,(H2,17,22). The average Bonchev–Trinajstić information content (AvgIpc) is 3.04. The third-order valence-corrected chi connectivity index (χ3v) is 4.83. The summed E-state index contributed by atoms with van der Waals surface area (Å²) < 4.78 is 18.1. The maximum Gasteiger partial charge on any atom is 0.228 e. The minimum atomic E-state index is -2.17. The molecule has 2 N–H and O–H groups in total. The van der Waals surface area contributed by atoms with Gasteiger partial charge >= 0.3 is 0 Å². The minimum absolute atomic E-state index is 0.118. The van der Waals surface area contributed by atoms with Crippen molar-refractivity contribution in [1.29, 1.82) is 0 Å². The molecule has 1 fully saturated rings. The summed E-state index contributed by atoms with van der Waals surface area (Å²) >= 11 is 1.36. The SMILES string of the molecule is NC(=O)C1C=CC=C(c2cscn2)C1(F)c1nncn1C1CC1. The summed E-state index contributed by atoms with van der Waals surface area (Å²) in [4.78, 5) is 16.1. The molecule has 6 nitrogen and oxygen atoms in total. The molecule has 0 aliphatic heterocycles. The van der Waals surface area contributed by atoms with Crippen molar-refractivity contribution in [2.24, 2.45) is 11.7 Å². The predicted molar refractivity (Wildman–Crippen MR) is 83.0 cm³/mol. The van der Waals surface area contributed by atoms with Gasteiger partial charge in [0.1, 0.15) is 12.2 Å². The Kier molecular flexibility index (Phi) is 3.15. The van der Waals surface area contributed by atoms with Crippen molar-refractivity contribution in [3.8, 4) is 0 Å². The molecule has 2 aliphatic carbocycles. The number of carbonyl (C=O) groups is 1. The number of aromatic nitrogens is 4. The highest BCUT2D eigenvalue weighted by Crippen LogP contribution is 2.49.